The molecule has 0 saturated heterocycles. The molecule has 2 aliphatic carbocycles. The zero-order valence-electron chi connectivity index (χ0n) is 10.6. The lowest BCUT2D eigenvalue weighted by Gasteiger charge is -2.34. The van der Waals surface area contributed by atoms with Crippen LogP contribution in [0.3, 0.4) is 0 Å². The number of ketones is 1. The number of hydrogen-bond donors (Lipinski definition) is 0. The zero-order valence-corrected chi connectivity index (χ0v) is 10.6. The van der Waals surface area contributed by atoms with Crippen molar-refractivity contribution in [2.75, 3.05) is 7.11 Å². The fraction of sp³-hybridized carbons (Fsp3) is 0.571. The van der Waals surface area contributed by atoms with E-state index in [-0.39, 0.29) is 17.2 Å². The van der Waals surface area contributed by atoms with Crippen LogP contribution in [0.5, 0.6) is 0 Å². The summed E-state index contributed by atoms with van der Waals surface area (Å²) in [6, 6.07) is 0. The molecule has 2 rings (SSSR count). The third-order valence-corrected chi connectivity index (χ3v) is 3.64. The summed E-state index contributed by atoms with van der Waals surface area (Å²) in [6.45, 7) is 4.05. The Morgan fingerprint density at radius 2 is 2.06 bits per heavy atom. The Morgan fingerprint density at radius 1 is 1.35 bits per heavy atom. The predicted molar refractivity (Wildman–Crippen MR) is 64.4 cm³/mol. The summed E-state index contributed by atoms with van der Waals surface area (Å²) in [7, 11) is 1.38. The van der Waals surface area contributed by atoms with E-state index in [4.69, 9.17) is 4.74 Å². The normalized spacial score (nSPS) is 23.0. The van der Waals surface area contributed by atoms with Crippen LogP contribution >= 0.6 is 0 Å². The average Bonchev–Trinajstić information content (AvgIpc) is 2.26. The molecule has 0 bridgehead atoms. The van der Waals surface area contributed by atoms with Crippen molar-refractivity contribution in [1.82, 2.24) is 0 Å². The standard InChI is InChI=1S/C14H18O3/c1-14(2)8-9-5-4-6-12(15)10(9)7-11(14)13(16)17-3/h7H,4-6,8H2,1-3H3. The van der Waals surface area contributed by atoms with Crippen LogP contribution in [-0.2, 0) is 14.3 Å². The Hall–Kier alpha value is -1.38. The van der Waals surface area contributed by atoms with E-state index in [9.17, 15) is 9.59 Å². The van der Waals surface area contributed by atoms with Crippen molar-refractivity contribution in [2.24, 2.45) is 5.41 Å². The van der Waals surface area contributed by atoms with Gasteiger partial charge in [-0.05, 0) is 25.3 Å². The van der Waals surface area contributed by atoms with Crippen LogP contribution in [0.2, 0.25) is 0 Å². The summed E-state index contributed by atoms with van der Waals surface area (Å²) in [5.74, 6) is -0.150. The lowest BCUT2D eigenvalue weighted by Crippen LogP contribution is -2.29. The Bertz CT molecular complexity index is 438. The first-order valence-corrected chi connectivity index (χ1v) is 6.01. The molecule has 2 aliphatic rings. The van der Waals surface area contributed by atoms with Gasteiger partial charge in [0.1, 0.15) is 0 Å². The van der Waals surface area contributed by atoms with Crippen molar-refractivity contribution in [1.29, 1.82) is 0 Å². The van der Waals surface area contributed by atoms with E-state index >= 15 is 0 Å². The molecule has 0 N–H and O–H groups in total. The number of carbonyl (C=O) groups is 2. The fourth-order valence-corrected chi connectivity index (χ4v) is 2.71. The first-order valence-electron chi connectivity index (χ1n) is 6.01. The van der Waals surface area contributed by atoms with Gasteiger partial charge in [0.25, 0.3) is 0 Å². The lowest BCUT2D eigenvalue weighted by atomic mass is 9.70. The molecule has 0 heterocycles. The zero-order chi connectivity index (χ0) is 12.6. The molecule has 0 spiro atoms. The fourth-order valence-electron chi connectivity index (χ4n) is 2.71. The molecular weight excluding hydrogens is 216 g/mol. The van der Waals surface area contributed by atoms with Gasteiger partial charge >= 0.3 is 5.97 Å². The molecule has 0 aromatic rings. The number of Topliss-reactive ketones (excluding diaryl/α,β-unsaturated/α-hetero) is 1. The number of methoxy groups -OCH3 is 1. The molecule has 0 aromatic heterocycles. The number of carbonyl (C=O) groups excluding carboxylic acids is 2. The third kappa shape index (κ3) is 2.06. The van der Waals surface area contributed by atoms with Crippen LogP contribution in [-0.4, -0.2) is 18.9 Å². The second-order valence-corrected chi connectivity index (χ2v) is 5.40. The van der Waals surface area contributed by atoms with Crippen LogP contribution in [0.15, 0.2) is 22.8 Å². The summed E-state index contributed by atoms with van der Waals surface area (Å²) < 4.78 is 4.80. The van der Waals surface area contributed by atoms with Crippen molar-refractivity contribution in [3.63, 3.8) is 0 Å². The van der Waals surface area contributed by atoms with Crippen LogP contribution in [0.25, 0.3) is 0 Å². The molecule has 0 unspecified atom stereocenters. The molecule has 92 valence electrons. The van der Waals surface area contributed by atoms with Crippen LogP contribution in [0.4, 0.5) is 0 Å². The van der Waals surface area contributed by atoms with E-state index in [1.165, 1.54) is 12.7 Å². The number of allylic oxidation sites excluding steroid dienone is 3. The van der Waals surface area contributed by atoms with Gasteiger partial charge < -0.3 is 4.74 Å². The highest BCUT2D eigenvalue weighted by Gasteiger charge is 2.36. The van der Waals surface area contributed by atoms with Crippen molar-refractivity contribution in [3.8, 4) is 0 Å². The summed E-state index contributed by atoms with van der Waals surface area (Å²) in [5.41, 5.74) is 2.35. The van der Waals surface area contributed by atoms with Gasteiger partial charge in [0.05, 0.1) is 7.11 Å². The first kappa shape index (κ1) is 12.1. The van der Waals surface area contributed by atoms with Crippen molar-refractivity contribution >= 4 is 11.8 Å². The maximum atomic E-state index is 11.8. The van der Waals surface area contributed by atoms with Crippen LogP contribution < -0.4 is 0 Å². The topological polar surface area (TPSA) is 43.4 Å². The van der Waals surface area contributed by atoms with E-state index in [2.05, 4.69) is 0 Å². The average molecular weight is 234 g/mol. The molecule has 0 saturated carbocycles. The molecule has 3 nitrogen and oxygen atoms in total. The molecular formula is C14H18O3. The molecule has 0 aromatic carbocycles. The SMILES string of the molecule is COC(=O)C1=CC2=C(CCCC2=O)CC1(C)C. The van der Waals surface area contributed by atoms with Gasteiger partial charge in [0, 0.05) is 23.0 Å². The van der Waals surface area contributed by atoms with E-state index in [0.717, 1.165) is 24.8 Å². The van der Waals surface area contributed by atoms with Crippen LogP contribution in [0.1, 0.15) is 39.5 Å². The molecule has 3 heteroatoms. The molecule has 17 heavy (non-hydrogen) atoms. The van der Waals surface area contributed by atoms with Crippen molar-refractivity contribution < 1.29 is 14.3 Å². The Balaban J connectivity index is 2.46. The molecule has 0 radical (unpaired) electrons. The summed E-state index contributed by atoms with van der Waals surface area (Å²) in [6.07, 6.45) is 5.07. The van der Waals surface area contributed by atoms with Gasteiger partial charge in [-0.15, -0.1) is 0 Å². The van der Waals surface area contributed by atoms with Crippen molar-refractivity contribution in [3.05, 3.63) is 22.8 Å². The highest BCUT2D eigenvalue weighted by Crippen LogP contribution is 2.43. The molecule has 0 atom stereocenters. The number of rotatable bonds is 1. The second-order valence-electron chi connectivity index (χ2n) is 5.40. The monoisotopic (exact) mass is 234 g/mol. The van der Waals surface area contributed by atoms with E-state index in [1.807, 2.05) is 13.8 Å². The van der Waals surface area contributed by atoms with Crippen LogP contribution in [0, 0.1) is 5.41 Å². The van der Waals surface area contributed by atoms with E-state index in [0.29, 0.717) is 12.0 Å². The maximum Gasteiger partial charge on any atom is 0.334 e. The van der Waals surface area contributed by atoms with Gasteiger partial charge in [-0.1, -0.05) is 19.4 Å². The molecule has 0 fully saturated rings. The largest absolute Gasteiger partial charge is 0.466 e. The van der Waals surface area contributed by atoms with Gasteiger partial charge in [-0.25, -0.2) is 4.79 Å². The highest BCUT2D eigenvalue weighted by atomic mass is 16.5. The summed E-state index contributed by atoms with van der Waals surface area (Å²) >= 11 is 0. The summed E-state index contributed by atoms with van der Waals surface area (Å²) in [5, 5.41) is 0. The van der Waals surface area contributed by atoms with Gasteiger partial charge in [-0.2, -0.15) is 0 Å². The predicted octanol–water partition coefficient (Wildman–Crippen LogP) is 2.57. The minimum absolute atomic E-state index is 0.170. The van der Waals surface area contributed by atoms with Gasteiger partial charge in [-0.3, -0.25) is 4.79 Å². The van der Waals surface area contributed by atoms with Gasteiger partial charge in [0.2, 0.25) is 0 Å². The minimum Gasteiger partial charge on any atom is -0.466 e. The Kier molecular flexibility index (Phi) is 2.94. The molecule has 0 aliphatic heterocycles. The third-order valence-electron chi connectivity index (χ3n) is 3.64. The number of hydrogen-bond acceptors (Lipinski definition) is 3. The summed E-state index contributed by atoms with van der Waals surface area (Å²) in [4.78, 5) is 23.6. The Morgan fingerprint density at radius 3 is 2.71 bits per heavy atom. The van der Waals surface area contributed by atoms with Crippen molar-refractivity contribution in [2.45, 2.75) is 39.5 Å². The first-order chi connectivity index (χ1) is 7.95. The number of ether oxygens (including phenoxy) is 1. The second kappa shape index (κ2) is 4.13. The highest BCUT2D eigenvalue weighted by molar-refractivity contribution is 6.03. The minimum atomic E-state index is -0.320. The maximum absolute atomic E-state index is 11.8. The molecule has 0 amide bonds. The van der Waals surface area contributed by atoms with Gasteiger partial charge in [0.15, 0.2) is 5.78 Å². The Labute approximate surface area is 102 Å². The lowest BCUT2D eigenvalue weighted by molar-refractivity contribution is -0.137. The number of esters is 1. The smallest absolute Gasteiger partial charge is 0.334 e. The van der Waals surface area contributed by atoms with E-state index < -0.39 is 0 Å². The quantitative estimate of drug-likeness (QED) is 0.655. The van der Waals surface area contributed by atoms with E-state index in [1.54, 1.807) is 6.08 Å².